The van der Waals surface area contributed by atoms with Gasteiger partial charge in [-0.05, 0) is 18.6 Å². The first-order valence-electron chi connectivity index (χ1n) is 4.71. The molecule has 1 radical (unpaired) electrons. The van der Waals surface area contributed by atoms with E-state index < -0.39 is 0 Å². The Morgan fingerprint density at radius 2 is 1.87 bits per heavy atom. The summed E-state index contributed by atoms with van der Waals surface area (Å²) >= 11 is 0. The maximum atomic E-state index is 10.4. The fourth-order valence-electron chi connectivity index (χ4n) is 1.48. The van der Waals surface area contributed by atoms with Crippen molar-refractivity contribution in [3.8, 4) is 11.3 Å². The quantitative estimate of drug-likeness (QED) is 0.738. The summed E-state index contributed by atoms with van der Waals surface area (Å²) in [6, 6.07) is 11.2. The molecule has 0 aliphatic carbocycles. The molecule has 0 amide bonds. The Labute approximate surface area is 88.6 Å². The zero-order valence-electron chi connectivity index (χ0n) is 8.40. The van der Waals surface area contributed by atoms with Crippen LogP contribution in [0.1, 0.15) is 11.1 Å². The van der Waals surface area contributed by atoms with Crippen molar-refractivity contribution in [1.29, 1.82) is 0 Å². The second-order valence-corrected chi connectivity index (χ2v) is 3.35. The van der Waals surface area contributed by atoms with E-state index in [-0.39, 0.29) is 0 Å². The SMILES string of the molecule is Cc1cccnc1-c1ccc([C]=O)cc1. The highest BCUT2D eigenvalue weighted by molar-refractivity contribution is 5.77. The Morgan fingerprint density at radius 1 is 1.13 bits per heavy atom. The van der Waals surface area contributed by atoms with Crippen LogP contribution in [0.2, 0.25) is 0 Å². The van der Waals surface area contributed by atoms with E-state index in [4.69, 9.17) is 0 Å². The van der Waals surface area contributed by atoms with Crippen LogP contribution in [0.15, 0.2) is 42.6 Å². The number of hydrogen-bond acceptors (Lipinski definition) is 2. The Bertz CT molecular complexity index is 474. The van der Waals surface area contributed by atoms with Gasteiger partial charge in [-0.25, -0.2) is 0 Å². The van der Waals surface area contributed by atoms with E-state index in [0.717, 1.165) is 16.8 Å². The Morgan fingerprint density at radius 3 is 2.47 bits per heavy atom. The van der Waals surface area contributed by atoms with Gasteiger partial charge < -0.3 is 0 Å². The molecule has 1 aromatic heterocycles. The minimum atomic E-state index is 0.562. The van der Waals surface area contributed by atoms with Crippen molar-refractivity contribution in [2.75, 3.05) is 0 Å². The summed E-state index contributed by atoms with van der Waals surface area (Å²) in [6.07, 6.45) is 3.62. The van der Waals surface area contributed by atoms with Crippen molar-refractivity contribution in [1.82, 2.24) is 4.98 Å². The van der Waals surface area contributed by atoms with E-state index in [1.165, 1.54) is 0 Å². The van der Waals surface area contributed by atoms with Gasteiger partial charge >= 0.3 is 0 Å². The van der Waals surface area contributed by atoms with Crippen LogP contribution < -0.4 is 0 Å². The molecule has 1 heterocycles. The zero-order chi connectivity index (χ0) is 10.7. The van der Waals surface area contributed by atoms with Gasteiger partial charge in [0.25, 0.3) is 0 Å². The summed E-state index contributed by atoms with van der Waals surface area (Å²) in [4.78, 5) is 14.7. The van der Waals surface area contributed by atoms with Crippen LogP contribution in [0.25, 0.3) is 11.3 Å². The molecular weight excluding hydrogens is 186 g/mol. The highest BCUT2D eigenvalue weighted by Crippen LogP contribution is 2.20. The molecule has 0 spiro atoms. The third-order valence-corrected chi connectivity index (χ3v) is 2.29. The summed E-state index contributed by atoms with van der Waals surface area (Å²) in [5.41, 5.74) is 3.66. The van der Waals surface area contributed by atoms with Crippen molar-refractivity contribution in [2.45, 2.75) is 6.92 Å². The predicted octanol–water partition coefficient (Wildman–Crippen LogP) is 2.51. The Hall–Kier alpha value is -1.96. The standard InChI is InChI=1S/C13H10NO/c1-10-3-2-8-14-13(10)12-6-4-11(9-15)5-7-12/h2-8H,1H3. The number of carbonyl (C=O) groups excluding carboxylic acids is 1. The molecule has 0 saturated heterocycles. The minimum absolute atomic E-state index is 0.562. The van der Waals surface area contributed by atoms with Crippen LogP contribution in [-0.4, -0.2) is 11.3 Å². The van der Waals surface area contributed by atoms with Crippen LogP contribution in [0.3, 0.4) is 0 Å². The molecule has 0 fully saturated rings. The second kappa shape index (κ2) is 4.05. The topological polar surface area (TPSA) is 30.0 Å². The molecule has 1 aromatic carbocycles. The lowest BCUT2D eigenvalue weighted by Gasteiger charge is -2.03. The molecule has 2 aromatic rings. The number of rotatable bonds is 2. The molecule has 2 rings (SSSR count). The highest BCUT2D eigenvalue weighted by Gasteiger charge is 2.01. The third kappa shape index (κ3) is 1.94. The lowest BCUT2D eigenvalue weighted by atomic mass is 10.1. The largest absolute Gasteiger partial charge is 0.285 e. The number of aryl methyl sites for hydroxylation is 1. The van der Waals surface area contributed by atoms with Gasteiger partial charge in [0.2, 0.25) is 6.29 Å². The fourth-order valence-corrected chi connectivity index (χ4v) is 1.48. The Kier molecular flexibility index (Phi) is 2.59. The van der Waals surface area contributed by atoms with E-state index in [1.54, 1.807) is 18.3 Å². The number of pyridine rings is 1. The Balaban J connectivity index is 2.46. The van der Waals surface area contributed by atoms with Crippen LogP contribution in [-0.2, 0) is 4.79 Å². The van der Waals surface area contributed by atoms with Crippen LogP contribution in [0.5, 0.6) is 0 Å². The molecule has 0 unspecified atom stereocenters. The van der Waals surface area contributed by atoms with Crippen molar-refractivity contribution in [3.63, 3.8) is 0 Å². The number of hydrogen-bond donors (Lipinski definition) is 0. The van der Waals surface area contributed by atoms with Gasteiger partial charge in [0.15, 0.2) is 0 Å². The van der Waals surface area contributed by atoms with E-state index in [2.05, 4.69) is 4.98 Å². The first-order chi connectivity index (χ1) is 7.31. The van der Waals surface area contributed by atoms with Gasteiger partial charge in [0.1, 0.15) is 0 Å². The molecule has 2 nitrogen and oxygen atoms in total. The van der Waals surface area contributed by atoms with Crippen molar-refractivity contribution >= 4 is 6.29 Å². The first-order valence-corrected chi connectivity index (χ1v) is 4.71. The maximum Gasteiger partial charge on any atom is 0.233 e. The molecule has 0 saturated carbocycles. The molecule has 0 bridgehead atoms. The number of benzene rings is 1. The number of aromatic nitrogens is 1. The van der Waals surface area contributed by atoms with Crippen LogP contribution in [0, 0.1) is 6.92 Å². The van der Waals surface area contributed by atoms with Crippen molar-refractivity contribution in [3.05, 3.63) is 53.7 Å². The fraction of sp³-hybridized carbons (Fsp3) is 0.0769. The molecule has 0 atom stereocenters. The van der Waals surface area contributed by atoms with E-state index in [0.29, 0.717) is 5.56 Å². The molecule has 15 heavy (non-hydrogen) atoms. The van der Waals surface area contributed by atoms with Gasteiger partial charge in [-0.1, -0.05) is 30.3 Å². The molecule has 73 valence electrons. The normalized spacial score (nSPS) is 9.93. The molecule has 0 aliphatic heterocycles. The predicted molar refractivity (Wildman–Crippen MR) is 59.2 cm³/mol. The van der Waals surface area contributed by atoms with Crippen LogP contribution in [0.4, 0.5) is 0 Å². The average molecular weight is 196 g/mol. The van der Waals surface area contributed by atoms with Crippen LogP contribution >= 0.6 is 0 Å². The minimum Gasteiger partial charge on any atom is -0.285 e. The highest BCUT2D eigenvalue weighted by atomic mass is 16.1. The van der Waals surface area contributed by atoms with Gasteiger partial charge in [-0.3, -0.25) is 9.78 Å². The monoisotopic (exact) mass is 196 g/mol. The third-order valence-electron chi connectivity index (χ3n) is 2.29. The number of nitrogens with zero attached hydrogens (tertiary/aromatic N) is 1. The van der Waals surface area contributed by atoms with Gasteiger partial charge in [-0.15, -0.1) is 0 Å². The summed E-state index contributed by atoms with van der Waals surface area (Å²) < 4.78 is 0. The maximum absolute atomic E-state index is 10.4. The van der Waals surface area contributed by atoms with E-state index in [1.807, 2.05) is 37.5 Å². The van der Waals surface area contributed by atoms with Crippen molar-refractivity contribution in [2.24, 2.45) is 0 Å². The summed E-state index contributed by atoms with van der Waals surface area (Å²) in [5, 5.41) is 0. The molecule has 0 N–H and O–H groups in total. The first kappa shape index (κ1) is 9.59. The van der Waals surface area contributed by atoms with Gasteiger partial charge in [0.05, 0.1) is 5.69 Å². The molecule has 2 heteroatoms. The summed E-state index contributed by atoms with van der Waals surface area (Å²) in [6.45, 7) is 2.02. The summed E-state index contributed by atoms with van der Waals surface area (Å²) in [5.74, 6) is 0. The zero-order valence-corrected chi connectivity index (χ0v) is 8.40. The lowest BCUT2D eigenvalue weighted by molar-refractivity contribution is 0.563. The molecular formula is C13H10NO. The van der Waals surface area contributed by atoms with Gasteiger partial charge in [0, 0.05) is 17.3 Å². The van der Waals surface area contributed by atoms with Crippen molar-refractivity contribution < 1.29 is 4.79 Å². The van der Waals surface area contributed by atoms with E-state index >= 15 is 0 Å². The lowest BCUT2D eigenvalue weighted by Crippen LogP contribution is -1.87. The summed E-state index contributed by atoms with van der Waals surface area (Å²) in [7, 11) is 0. The van der Waals surface area contributed by atoms with Gasteiger partial charge in [-0.2, -0.15) is 0 Å². The van der Waals surface area contributed by atoms with E-state index in [9.17, 15) is 4.79 Å². The molecule has 0 aliphatic rings. The average Bonchev–Trinajstić information content (AvgIpc) is 2.30. The second-order valence-electron chi connectivity index (χ2n) is 3.35. The smallest absolute Gasteiger partial charge is 0.233 e.